The van der Waals surface area contributed by atoms with Gasteiger partial charge < -0.3 is 16.2 Å². The molecule has 0 aromatic heterocycles. The van der Waals surface area contributed by atoms with Crippen LogP contribution in [0.25, 0.3) is 0 Å². The fourth-order valence-corrected chi connectivity index (χ4v) is 2.21. The van der Waals surface area contributed by atoms with Crippen molar-refractivity contribution in [2.75, 3.05) is 11.1 Å². The lowest BCUT2D eigenvalue weighted by atomic mass is 9.64. The number of hydrogen-bond acceptors (Lipinski definition) is 3. The number of aliphatic hydroxyl groups is 1. The van der Waals surface area contributed by atoms with Gasteiger partial charge in [-0.25, -0.2) is 0 Å². The molecule has 1 saturated carbocycles. The molecule has 1 aromatic rings. The minimum atomic E-state index is -0.213. The van der Waals surface area contributed by atoms with Gasteiger partial charge in [0.25, 0.3) is 0 Å². The Hall–Kier alpha value is -1.22. The Morgan fingerprint density at radius 3 is 2.62 bits per heavy atom. The van der Waals surface area contributed by atoms with Crippen LogP contribution in [0.4, 0.5) is 11.4 Å². The number of nitrogen functional groups attached to an aromatic ring is 1. The highest BCUT2D eigenvalue weighted by Crippen LogP contribution is 2.43. The lowest BCUT2D eigenvalue weighted by Crippen LogP contribution is -2.57. The number of nitrogens with one attached hydrogen (secondary N) is 1. The van der Waals surface area contributed by atoms with E-state index in [1.165, 1.54) is 0 Å². The average Bonchev–Trinajstić information content (AvgIpc) is 2.22. The van der Waals surface area contributed by atoms with E-state index < -0.39 is 0 Å². The van der Waals surface area contributed by atoms with Gasteiger partial charge in [0.2, 0.25) is 0 Å². The summed E-state index contributed by atoms with van der Waals surface area (Å²) in [6.45, 7) is 6.20. The molecule has 0 spiro atoms. The first-order chi connectivity index (χ1) is 7.43. The number of benzene rings is 1. The second-order valence-electron chi connectivity index (χ2n) is 5.31. The number of rotatable bonds is 2. The predicted octanol–water partition coefficient (Wildman–Crippen LogP) is 2.15. The predicted molar refractivity (Wildman–Crippen MR) is 67.4 cm³/mol. The molecular weight excluding hydrogens is 200 g/mol. The fourth-order valence-electron chi connectivity index (χ4n) is 2.21. The van der Waals surface area contributed by atoms with Crippen LogP contribution in [-0.2, 0) is 0 Å². The summed E-state index contributed by atoms with van der Waals surface area (Å²) in [5.74, 6) is 0. The van der Waals surface area contributed by atoms with Crippen LogP contribution in [-0.4, -0.2) is 17.3 Å². The van der Waals surface area contributed by atoms with Gasteiger partial charge in [-0.2, -0.15) is 0 Å². The molecule has 0 bridgehead atoms. The van der Waals surface area contributed by atoms with Gasteiger partial charge in [0.05, 0.1) is 17.5 Å². The van der Waals surface area contributed by atoms with Crippen molar-refractivity contribution in [2.45, 2.75) is 39.3 Å². The molecule has 4 N–H and O–H groups in total. The molecule has 0 aliphatic heterocycles. The van der Waals surface area contributed by atoms with E-state index in [0.29, 0.717) is 6.04 Å². The molecule has 0 amide bonds. The lowest BCUT2D eigenvalue weighted by molar-refractivity contribution is -0.0510. The molecule has 2 atom stereocenters. The zero-order chi connectivity index (χ0) is 11.9. The van der Waals surface area contributed by atoms with E-state index in [4.69, 9.17) is 5.73 Å². The van der Waals surface area contributed by atoms with Gasteiger partial charge in [-0.3, -0.25) is 0 Å². The van der Waals surface area contributed by atoms with Crippen LogP contribution in [0.1, 0.15) is 25.8 Å². The lowest BCUT2D eigenvalue weighted by Gasteiger charge is -2.50. The zero-order valence-corrected chi connectivity index (χ0v) is 10.1. The van der Waals surface area contributed by atoms with E-state index in [9.17, 15) is 5.11 Å². The minimum absolute atomic E-state index is 0.0747. The summed E-state index contributed by atoms with van der Waals surface area (Å²) < 4.78 is 0. The zero-order valence-electron chi connectivity index (χ0n) is 10.1. The first-order valence-corrected chi connectivity index (χ1v) is 5.72. The summed E-state index contributed by atoms with van der Waals surface area (Å²) >= 11 is 0. The van der Waals surface area contributed by atoms with Gasteiger partial charge in [0.1, 0.15) is 0 Å². The molecule has 1 fully saturated rings. The molecule has 1 aliphatic carbocycles. The van der Waals surface area contributed by atoms with E-state index in [-0.39, 0.29) is 11.5 Å². The summed E-state index contributed by atoms with van der Waals surface area (Å²) in [5, 5.41) is 13.1. The molecule has 0 heterocycles. The number of hydrogen-bond donors (Lipinski definition) is 3. The highest BCUT2D eigenvalue weighted by molar-refractivity contribution is 5.70. The molecule has 0 saturated heterocycles. The standard InChI is InChI=1S/C13H20N2O/c1-8-5-4-6-9(14)12(8)15-10-7-11(16)13(10,2)3/h4-6,10-11,15-16H,7,14H2,1-3H3. The Kier molecular flexibility index (Phi) is 2.58. The van der Waals surface area contributed by atoms with Gasteiger partial charge in [0, 0.05) is 11.5 Å². The van der Waals surface area contributed by atoms with Gasteiger partial charge in [-0.1, -0.05) is 26.0 Å². The van der Waals surface area contributed by atoms with Crippen LogP contribution in [0.15, 0.2) is 18.2 Å². The largest absolute Gasteiger partial charge is 0.397 e. The highest BCUT2D eigenvalue weighted by atomic mass is 16.3. The van der Waals surface area contributed by atoms with Crippen molar-refractivity contribution in [3.05, 3.63) is 23.8 Å². The fraction of sp³-hybridized carbons (Fsp3) is 0.538. The number of aryl methyl sites for hydroxylation is 1. The summed E-state index contributed by atoms with van der Waals surface area (Å²) in [5.41, 5.74) is 8.80. The molecule has 2 unspecified atom stereocenters. The van der Waals surface area contributed by atoms with Crippen molar-refractivity contribution in [3.8, 4) is 0 Å². The van der Waals surface area contributed by atoms with Crippen LogP contribution in [0, 0.1) is 12.3 Å². The van der Waals surface area contributed by atoms with Crippen molar-refractivity contribution in [1.29, 1.82) is 0 Å². The highest BCUT2D eigenvalue weighted by Gasteiger charge is 2.47. The second kappa shape index (κ2) is 3.67. The number of para-hydroxylation sites is 1. The van der Waals surface area contributed by atoms with Crippen LogP contribution in [0.3, 0.4) is 0 Å². The first kappa shape index (κ1) is 11.3. The molecule has 88 valence electrons. The summed E-state index contributed by atoms with van der Waals surface area (Å²) in [6.07, 6.45) is 0.580. The van der Waals surface area contributed by atoms with Crippen molar-refractivity contribution >= 4 is 11.4 Å². The topological polar surface area (TPSA) is 58.3 Å². The maximum Gasteiger partial charge on any atom is 0.0630 e. The Morgan fingerprint density at radius 2 is 2.12 bits per heavy atom. The third kappa shape index (κ3) is 1.65. The second-order valence-corrected chi connectivity index (χ2v) is 5.31. The minimum Gasteiger partial charge on any atom is -0.397 e. The Bertz CT molecular complexity index is 381. The maximum atomic E-state index is 9.69. The van der Waals surface area contributed by atoms with Crippen LogP contribution in [0.5, 0.6) is 0 Å². The van der Waals surface area contributed by atoms with E-state index in [0.717, 1.165) is 23.4 Å². The van der Waals surface area contributed by atoms with Crippen molar-refractivity contribution in [3.63, 3.8) is 0 Å². The van der Waals surface area contributed by atoms with Crippen molar-refractivity contribution in [2.24, 2.45) is 5.41 Å². The van der Waals surface area contributed by atoms with Crippen LogP contribution in [0.2, 0.25) is 0 Å². The average molecular weight is 220 g/mol. The Labute approximate surface area is 96.7 Å². The third-order valence-electron chi connectivity index (χ3n) is 3.84. The monoisotopic (exact) mass is 220 g/mol. The van der Waals surface area contributed by atoms with Gasteiger partial charge in [0.15, 0.2) is 0 Å². The molecule has 0 radical (unpaired) electrons. The van der Waals surface area contributed by atoms with Crippen LogP contribution < -0.4 is 11.1 Å². The molecule has 16 heavy (non-hydrogen) atoms. The maximum absolute atomic E-state index is 9.69. The molecule has 2 rings (SSSR count). The van der Waals surface area contributed by atoms with Gasteiger partial charge in [-0.15, -0.1) is 0 Å². The third-order valence-corrected chi connectivity index (χ3v) is 3.84. The molecule has 1 aromatic carbocycles. The van der Waals surface area contributed by atoms with E-state index in [2.05, 4.69) is 19.2 Å². The number of nitrogens with two attached hydrogens (primary N) is 1. The summed E-state index contributed by atoms with van der Waals surface area (Å²) in [7, 11) is 0. The van der Waals surface area contributed by atoms with Gasteiger partial charge >= 0.3 is 0 Å². The molecule has 3 nitrogen and oxygen atoms in total. The number of anilines is 2. The smallest absolute Gasteiger partial charge is 0.0630 e. The Balaban J connectivity index is 2.17. The Morgan fingerprint density at radius 1 is 1.44 bits per heavy atom. The molecular formula is C13H20N2O. The normalized spacial score (nSPS) is 27.2. The summed E-state index contributed by atoms with van der Waals surface area (Å²) in [4.78, 5) is 0. The number of aliphatic hydroxyl groups excluding tert-OH is 1. The van der Waals surface area contributed by atoms with Crippen molar-refractivity contribution < 1.29 is 5.11 Å². The SMILES string of the molecule is Cc1cccc(N)c1NC1CC(O)C1(C)C. The van der Waals surface area contributed by atoms with E-state index >= 15 is 0 Å². The van der Waals surface area contributed by atoms with E-state index in [1.54, 1.807) is 0 Å². The molecule has 3 heteroatoms. The van der Waals surface area contributed by atoms with Crippen LogP contribution >= 0.6 is 0 Å². The summed E-state index contributed by atoms with van der Waals surface area (Å²) in [6, 6.07) is 6.19. The quantitative estimate of drug-likeness (QED) is 0.669. The molecule has 1 aliphatic rings. The van der Waals surface area contributed by atoms with Gasteiger partial charge in [-0.05, 0) is 25.0 Å². The van der Waals surface area contributed by atoms with Crippen molar-refractivity contribution in [1.82, 2.24) is 0 Å². The van der Waals surface area contributed by atoms with E-state index in [1.807, 2.05) is 25.1 Å². The first-order valence-electron chi connectivity index (χ1n) is 5.72.